The average Bonchev–Trinajstić information content (AvgIpc) is 2.70. The van der Waals surface area contributed by atoms with Crippen LogP contribution in [0.4, 0.5) is 5.82 Å². The van der Waals surface area contributed by atoms with Crippen molar-refractivity contribution in [2.24, 2.45) is 14.1 Å². The van der Waals surface area contributed by atoms with Crippen molar-refractivity contribution in [1.29, 1.82) is 0 Å². The van der Waals surface area contributed by atoms with E-state index in [9.17, 15) is 0 Å². The van der Waals surface area contributed by atoms with Crippen molar-refractivity contribution in [3.8, 4) is 11.3 Å². The second-order valence-corrected chi connectivity index (χ2v) is 6.90. The Labute approximate surface area is 154 Å². The number of nitrogens with zero attached hydrogens (tertiary/aromatic N) is 3. The molecule has 1 fully saturated rings. The zero-order chi connectivity index (χ0) is 15.9. The molecule has 0 amide bonds. The van der Waals surface area contributed by atoms with Gasteiger partial charge in [0.2, 0.25) is 0 Å². The second kappa shape index (κ2) is 7.33. The molecule has 2 heterocycles. The molecule has 6 heteroatoms. The summed E-state index contributed by atoms with van der Waals surface area (Å²) in [6, 6.07) is 8.38. The van der Waals surface area contributed by atoms with Gasteiger partial charge in [-0.05, 0) is 38.3 Å². The Morgan fingerprint density at radius 1 is 1.22 bits per heavy atom. The molecule has 1 atom stereocenters. The van der Waals surface area contributed by atoms with Gasteiger partial charge in [0.25, 0.3) is 0 Å². The SMILES string of the molecule is CC1CCCCN1c1c(Cl)c(-c2cccc(Cl)c2)n(C)[n+]1C.[Cl-]. The predicted octanol–water partition coefficient (Wildman–Crippen LogP) is 1.21. The molecule has 1 aromatic heterocycles. The smallest absolute Gasteiger partial charge is 0.316 e. The van der Waals surface area contributed by atoms with Gasteiger partial charge in [-0.15, -0.1) is 0 Å². The Morgan fingerprint density at radius 2 is 1.96 bits per heavy atom. The van der Waals surface area contributed by atoms with E-state index >= 15 is 0 Å². The summed E-state index contributed by atoms with van der Waals surface area (Å²) in [7, 11) is 4.11. The first-order valence-electron chi connectivity index (χ1n) is 7.77. The molecular weight excluding hydrogens is 353 g/mol. The summed E-state index contributed by atoms with van der Waals surface area (Å²) in [5, 5.41) is 1.53. The first-order chi connectivity index (χ1) is 10.5. The van der Waals surface area contributed by atoms with Crippen molar-refractivity contribution < 1.29 is 17.1 Å². The standard InChI is InChI=1S/C17H22Cl2N3.ClH/c1-12-7-4-5-10-22(12)17-15(19)16(20(2)21(17)3)13-8-6-9-14(18)11-13;/h6,8-9,11-12H,4-5,7,10H2,1-3H3;1H/q+1;/p-1. The van der Waals surface area contributed by atoms with E-state index in [0.717, 1.165) is 33.7 Å². The molecule has 0 aliphatic carbocycles. The highest BCUT2D eigenvalue weighted by molar-refractivity contribution is 6.35. The minimum Gasteiger partial charge on any atom is -1.00 e. The highest BCUT2D eigenvalue weighted by Crippen LogP contribution is 2.37. The van der Waals surface area contributed by atoms with Crippen molar-refractivity contribution in [2.45, 2.75) is 32.2 Å². The first kappa shape index (κ1) is 18.4. The summed E-state index contributed by atoms with van der Waals surface area (Å²) in [6.07, 6.45) is 3.74. The van der Waals surface area contributed by atoms with Gasteiger partial charge >= 0.3 is 5.82 Å². The lowest BCUT2D eigenvalue weighted by Crippen LogP contribution is -3.00. The fraction of sp³-hybridized carbons (Fsp3) is 0.471. The topological polar surface area (TPSA) is 12.1 Å². The van der Waals surface area contributed by atoms with Gasteiger partial charge in [-0.1, -0.05) is 35.3 Å². The Morgan fingerprint density at radius 3 is 2.61 bits per heavy atom. The number of anilines is 1. The Balaban J connectivity index is 0.00000192. The van der Waals surface area contributed by atoms with Gasteiger partial charge in [0.1, 0.15) is 12.7 Å². The van der Waals surface area contributed by atoms with Crippen molar-refractivity contribution in [1.82, 2.24) is 4.68 Å². The van der Waals surface area contributed by atoms with Gasteiger partial charge in [-0.2, -0.15) is 4.68 Å². The van der Waals surface area contributed by atoms with E-state index in [0.29, 0.717) is 6.04 Å². The molecule has 2 aromatic rings. The van der Waals surface area contributed by atoms with Crippen molar-refractivity contribution in [3.63, 3.8) is 0 Å². The number of piperidine rings is 1. The lowest BCUT2D eigenvalue weighted by Gasteiger charge is -2.28. The molecule has 1 aromatic carbocycles. The third-order valence-electron chi connectivity index (χ3n) is 4.66. The maximum Gasteiger partial charge on any atom is 0.316 e. The Bertz CT molecular complexity index is 697. The molecule has 0 radical (unpaired) electrons. The summed E-state index contributed by atoms with van der Waals surface area (Å²) in [6.45, 7) is 3.34. The number of rotatable bonds is 2. The third kappa shape index (κ3) is 3.33. The van der Waals surface area contributed by atoms with E-state index in [1.807, 2.05) is 25.2 Å². The first-order valence-corrected chi connectivity index (χ1v) is 8.53. The van der Waals surface area contributed by atoms with Crippen LogP contribution in [0.2, 0.25) is 10.0 Å². The van der Waals surface area contributed by atoms with Crippen molar-refractivity contribution in [3.05, 3.63) is 34.3 Å². The quantitative estimate of drug-likeness (QED) is 0.720. The van der Waals surface area contributed by atoms with Crippen LogP contribution in [0.3, 0.4) is 0 Å². The third-order valence-corrected chi connectivity index (χ3v) is 5.24. The molecule has 126 valence electrons. The van der Waals surface area contributed by atoms with E-state index < -0.39 is 0 Å². The summed E-state index contributed by atoms with van der Waals surface area (Å²) >= 11 is 12.9. The van der Waals surface area contributed by atoms with Crippen molar-refractivity contribution >= 4 is 29.0 Å². The lowest BCUT2D eigenvalue weighted by atomic mass is 10.0. The highest BCUT2D eigenvalue weighted by atomic mass is 35.5. The number of halogens is 3. The van der Waals surface area contributed by atoms with Crippen LogP contribution in [-0.2, 0) is 14.1 Å². The minimum atomic E-state index is 0. The van der Waals surface area contributed by atoms with Gasteiger partial charge in [-0.3, -0.25) is 4.90 Å². The predicted molar refractivity (Wildman–Crippen MR) is 92.7 cm³/mol. The van der Waals surface area contributed by atoms with Crippen molar-refractivity contribution in [2.75, 3.05) is 11.4 Å². The van der Waals surface area contributed by atoms with Crippen LogP contribution in [0.1, 0.15) is 26.2 Å². The summed E-state index contributed by atoms with van der Waals surface area (Å²) in [5.41, 5.74) is 2.06. The molecule has 23 heavy (non-hydrogen) atoms. The van der Waals surface area contributed by atoms with Gasteiger partial charge in [0.05, 0.1) is 12.6 Å². The molecule has 1 aliphatic heterocycles. The molecule has 1 unspecified atom stereocenters. The fourth-order valence-corrected chi connectivity index (χ4v) is 4.01. The molecule has 3 nitrogen and oxygen atoms in total. The zero-order valence-electron chi connectivity index (χ0n) is 13.7. The van der Waals surface area contributed by atoms with E-state index in [1.165, 1.54) is 19.3 Å². The highest BCUT2D eigenvalue weighted by Gasteiger charge is 2.34. The number of hydrogen-bond acceptors (Lipinski definition) is 1. The van der Waals surface area contributed by atoms with Gasteiger partial charge in [0.15, 0.2) is 5.02 Å². The van der Waals surface area contributed by atoms with E-state index in [4.69, 9.17) is 23.2 Å². The van der Waals surface area contributed by atoms with Crippen LogP contribution in [0.25, 0.3) is 11.3 Å². The summed E-state index contributed by atoms with van der Waals surface area (Å²) < 4.78 is 4.24. The van der Waals surface area contributed by atoms with Gasteiger partial charge in [-0.25, -0.2) is 4.68 Å². The van der Waals surface area contributed by atoms with Crippen LogP contribution in [0.15, 0.2) is 24.3 Å². The van der Waals surface area contributed by atoms with Gasteiger partial charge < -0.3 is 12.4 Å². The number of hydrogen-bond donors (Lipinski definition) is 0. The summed E-state index contributed by atoms with van der Waals surface area (Å²) in [4.78, 5) is 2.43. The molecule has 0 N–H and O–H groups in total. The molecule has 3 rings (SSSR count). The zero-order valence-corrected chi connectivity index (χ0v) is 16.0. The number of benzene rings is 1. The number of aromatic nitrogens is 2. The minimum absolute atomic E-state index is 0. The van der Waals surface area contributed by atoms with Crippen LogP contribution in [0.5, 0.6) is 0 Å². The maximum absolute atomic E-state index is 6.79. The van der Waals surface area contributed by atoms with E-state index in [1.54, 1.807) is 0 Å². The van der Waals surface area contributed by atoms with Crippen LogP contribution >= 0.6 is 23.2 Å². The maximum atomic E-state index is 6.79. The van der Waals surface area contributed by atoms with Crippen LogP contribution in [0, 0.1) is 0 Å². The Hall–Kier alpha value is -0.900. The van der Waals surface area contributed by atoms with E-state index in [-0.39, 0.29) is 12.4 Å². The molecule has 1 aliphatic rings. The summed E-state index contributed by atoms with van der Waals surface area (Å²) in [5.74, 6) is 1.10. The fourth-order valence-electron chi connectivity index (χ4n) is 3.36. The normalized spacial score (nSPS) is 18.0. The Kier molecular flexibility index (Phi) is 5.88. The molecule has 1 saturated heterocycles. The average molecular weight is 375 g/mol. The van der Waals surface area contributed by atoms with Crippen LogP contribution in [-0.4, -0.2) is 17.3 Å². The van der Waals surface area contributed by atoms with Gasteiger partial charge in [0, 0.05) is 17.6 Å². The van der Waals surface area contributed by atoms with E-state index in [2.05, 4.69) is 34.3 Å². The second-order valence-electron chi connectivity index (χ2n) is 6.08. The molecule has 0 saturated carbocycles. The monoisotopic (exact) mass is 373 g/mol. The molecule has 0 bridgehead atoms. The molecular formula is C17H22Cl3N3. The van der Waals surface area contributed by atoms with Crippen LogP contribution < -0.4 is 22.0 Å². The lowest BCUT2D eigenvalue weighted by molar-refractivity contribution is -0.739. The molecule has 0 spiro atoms. The largest absolute Gasteiger partial charge is 1.00 e.